The van der Waals surface area contributed by atoms with E-state index in [9.17, 15) is 4.79 Å². The van der Waals surface area contributed by atoms with Crippen LogP contribution in [0.4, 0.5) is 0 Å². The first-order valence-corrected chi connectivity index (χ1v) is 8.14. The van der Waals surface area contributed by atoms with E-state index < -0.39 is 5.54 Å². The number of hydrogen-bond donors (Lipinski definition) is 1. The van der Waals surface area contributed by atoms with Gasteiger partial charge >= 0.3 is 0 Å². The van der Waals surface area contributed by atoms with Crippen molar-refractivity contribution in [1.82, 2.24) is 10.2 Å². The van der Waals surface area contributed by atoms with E-state index in [1.807, 2.05) is 6.92 Å². The van der Waals surface area contributed by atoms with Crippen molar-refractivity contribution in [2.45, 2.75) is 71.1 Å². The van der Waals surface area contributed by atoms with Gasteiger partial charge in [-0.05, 0) is 57.6 Å². The summed E-state index contributed by atoms with van der Waals surface area (Å²) >= 11 is 0. The number of carbonyl (C=O) groups is 1. The largest absolute Gasteiger partial charge is 0.318 e. The molecule has 1 heterocycles. The Balaban J connectivity index is 2.00. The maximum atomic E-state index is 12.9. The molecule has 0 aromatic heterocycles. The molecule has 1 aliphatic heterocycles. The second-order valence-corrected chi connectivity index (χ2v) is 6.89. The number of amides is 1. The Morgan fingerprint density at radius 3 is 2.57 bits per heavy atom. The molecular weight excluding hydrogens is 260 g/mol. The summed E-state index contributed by atoms with van der Waals surface area (Å²) in [5.41, 5.74) is 3.37. The summed E-state index contributed by atoms with van der Waals surface area (Å²) in [6.07, 6.45) is 4.41. The van der Waals surface area contributed by atoms with Crippen molar-refractivity contribution < 1.29 is 4.79 Å². The van der Waals surface area contributed by atoms with Gasteiger partial charge in [-0.1, -0.05) is 30.7 Å². The highest BCUT2D eigenvalue weighted by molar-refractivity contribution is 5.89. The molecule has 3 nitrogen and oxygen atoms in total. The van der Waals surface area contributed by atoms with Crippen molar-refractivity contribution in [2.24, 2.45) is 0 Å². The van der Waals surface area contributed by atoms with Gasteiger partial charge in [0.25, 0.3) is 0 Å². The van der Waals surface area contributed by atoms with Crippen LogP contribution in [0, 0.1) is 13.8 Å². The molecule has 21 heavy (non-hydrogen) atoms. The summed E-state index contributed by atoms with van der Waals surface area (Å²) in [5, 5.41) is 3.62. The summed E-state index contributed by atoms with van der Waals surface area (Å²) in [5.74, 6) is 0.277. The fraction of sp³-hybridized carbons (Fsp3) is 0.611. The highest BCUT2D eigenvalue weighted by Gasteiger charge is 2.50. The van der Waals surface area contributed by atoms with E-state index in [1.165, 1.54) is 23.1 Å². The van der Waals surface area contributed by atoms with Crippen molar-refractivity contribution in [2.75, 3.05) is 0 Å². The van der Waals surface area contributed by atoms with Gasteiger partial charge in [-0.15, -0.1) is 0 Å². The number of aryl methyl sites for hydroxylation is 2. The lowest BCUT2D eigenvalue weighted by Crippen LogP contribution is -2.46. The van der Waals surface area contributed by atoms with Gasteiger partial charge in [0.2, 0.25) is 5.91 Å². The van der Waals surface area contributed by atoms with E-state index >= 15 is 0 Å². The van der Waals surface area contributed by atoms with Crippen molar-refractivity contribution in [3.8, 4) is 0 Å². The molecule has 1 amide bonds. The predicted molar refractivity (Wildman–Crippen MR) is 85.0 cm³/mol. The van der Waals surface area contributed by atoms with Crippen LogP contribution >= 0.6 is 0 Å². The van der Waals surface area contributed by atoms with Gasteiger partial charge in [0.1, 0.15) is 6.17 Å². The number of hydrogen-bond acceptors (Lipinski definition) is 2. The van der Waals surface area contributed by atoms with Crippen molar-refractivity contribution >= 4 is 5.91 Å². The molecule has 3 rings (SSSR count). The fourth-order valence-electron chi connectivity index (χ4n) is 3.49. The van der Waals surface area contributed by atoms with Gasteiger partial charge < -0.3 is 4.90 Å². The molecule has 0 spiro atoms. The summed E-state index contributed by atoms with van der Waals surface area (Å²) in [6.45, 7) is 8.40. The molecule has 2 atom stereocenters. The Kier molecular flexibility index (Phi) is 3.56. The first kappa shape index (κ1) is 14.6. The van der Waals surface area contributed by atoms with Crippen LogP contribution in [0.3, 0.4) is 0 Å². The van der Waals surface area contributed by atoms with Gasteiger partial charge in [0.05, 0.1) is 5.54 Å². The Bertz CT molecular complexity index is 564. The van der Waals surface area contributed by atoms with E-state index in [0.717, 1.165) is 19.3 Å². The molecular formula is C18H26N2O. The van der Waals surface area contributed by atoms with E-state index in [1.54, 1.807) is 0 Å². The van der Waals surface area contributed by atoms with Crippen LogP contribution in [0.2, 0.25) is 0 Å². The normalized spacial score (nSPS) is 29.8. The number of nitrogens with zero attached hydrogens (tertiary/aromatic N) is 1. The average molecular weight is 286 g/mol. The highest BCUT2D eigenvalue weighted by atomic mass is 16.2. The molecule has 1 aromatic carbocycles. The lowest BCUT2D eigenvalue weighted by Gasteiger charge is -2.39. The maximum Gasteiger partial charge on any atom is 0.244 e. The molecule has 3 heteroatoms. The third-order valence-corrected chi connectivity index (χ3v) is 5.34. The molecule has 1 aromatic rings. The van der Waals surface area contributed by atoms with Crippen molar-refractivity contribution in [3.05, 3.63) is 34.9 Å². The van der Waals surface area contributed by atoms with Gasteiger partial charge in [-0.2, -0.15) is 0 Å². The van der Waals surface area contributed by atoms with E-state index in [0.29, 0.717) is 6.04 Å². The summed E-state index contributed by atoms with van der Waals surface area (Å²) in [6, 6.07) is 6.96. The molecule has 1 saturated heterocycles. The van der Waals surface area contributed by atoms with E-state index in [4.69, 9.17) is 0 Å². The molecule has 2 fully saturated rings. The first-order valence-electron chi connectivity index (χ1n) is 8.14. The fourth-order valence-corrected chi connectivity index (χ4v) is 3.49. The molecule has 1 saturated carbocycles. The average Bonchev–Trinajstić information content (AvgIpc) is 2.63. The minimum Gasteiger partial charge on any atom is -0.318 e. The molecule has 2 unspecified atom stereocenters. The van der Waals surface area contributed by atoms with Gasteiger partial charge in [0.15, 0.2) is 0 Å². The zero-order chi connectivity index (χ0) is 15.2. The zero-order valence-corrected chi connectivity index (χ0v) is 13.6. The van der Waals surface area contributed by atoms with Crippen molar-refractivity contribution in [3.63, 3.8) is 0 Å². The Morgan fingerprint density at radius 1 is 1.33 bits per heavy atom. The lowest BCUT2D eigenvalue weighted by atomic mass is 9.89. The van der Waals surface area contributed by atoms with E-state index in [2.05, 4.69) is 49.2 Å². The Hall–Kier alpha value is -1.35. The van der Waals surface area contributed by atoms with Gasteiger partial charge in [-0.25, -0.2) is 0 Å². The molecule has 1 aliphatic carbocycles. The summed E-state index contributed by atoms with van der Waals surface area (Å²) < 4.78 is 0. The zero-order valence-electron chi connectivity index (χ0n) is 13.6. The number of nitrogens with one attached hydrogen (secondary N) is 1. The van der Waals surface area contributed by atoms with Crippen LogP contribution in [0.1, 0.15) is 62.4 Å². The third kappa shape index (κ3) is 2.28. The Morgan fingerprint density at radius 2 is 2.05 bits per heavy atom. The summed E-state index contributed by atoms with van der Waals surface area (Å²) in [4.78, 5) is 15.0. The molecule has 0 bridgehead atoms. The van der Waals surface area contributed by atoms with Crippen LogP contribution in [-0.4, -0.2) is 22.4 Å². The van der Waals surface area contributed by atoms with Gasteiger partial charge in [0, 0.05) is 6.04 Å². The SMILES string of the molecule is CCC1(C)NC(c2ccc(C)cc2C)N(C2CCC2)C1=O. The number of rotatable bonds is 3. The number of benzene rings is 1. The second-order valence-electron chi connectivity index (χ2n) is 6.89. The monoisotopic (exact) mass is 286 g/mol. The van der Waals surface area contributed by atoms with E-state index in [-0.39, 0.29) is 12.1 Å². The third-order valence-electron chi connectivity index (χ3n) is 5.34. The topological polar surface area (TPSA) is 32.3 Å². The number of carbonyl (C=O) groups excluding carboxylic acids is 1. The first-order chi connectivity index (χ1) is 9.96. The molecule has 0 radical (unpaired) electrons. The maximum absolute atomic E-state index is 12.9. The molecule has 2 aliphatic rings. The second kappa shape index (κ2) is 5.13. The van der Waals surface area contributed by atoms with Gasteiger partial charge in [-0.3, -0.25) is 10.1 Å². The lowest BCUT2D eigenvalue weighted by molar-refractivity contribution is -0.136. The van der Waals surface area contributed by atoms with Crippen molar-refractivity contribution in [1.29, 1.82) is 0 Å². The summed E-state index contributed by atoms with van der Waals surface area (Å²) in [7, 11) is 0. The standard InChI is InChI=1S/C18H26N2O/c1-5-18(4)17(21)20(14-7-6-8-14)16(19-18)15-10-9-12(2)11-13(15)3/h9-11,14,16,19H,5-8H2,1-4H3. The Labute approximate surface area is 127 Å². The quantitative estimate of drug-likeness (QED) is 0.923. The van der Waals surface area contributed by atoms with Crippen LogP contribution in [0.15, 0.2) is 18.2 Å². The smallest absolute Gasteiger partial charge is 0.244 e. The van der Waals surface area contributed by atoms with Crippen LogP contribution < -0.4 is 5.32 Å². The van der Waals surface area contributed by atoms with Crippen LogP contribution in [0.5, 0.6) is 0 Å². The predicted octanol–water partition coefficient (Wildman–Crippen LogP) is 3.46. The molecule has 114 valence electrons. The highest BCUT2D eigenvalue weighted by Crippen LogP contribution is 2.40. The van der Waals surface area contributed by atoms with Crippen LogP contribution in [0.25, 0.3) is 0 Å². The minimum atomic E-state index is -0.419. The minimum absolute atomic E-state index is 0.0355. The molecule has 1 N–H and O–H groups in total. The van der Waals surface area contributed by atoms with Crippen LogP contribution in [-0.2, 0) is 4.79 Å².